The van der Waals surface area contributed by atoms with E-state index in [1.807, 2.05) is 5.38 Å². The number of aromatic nitrogens is 1. The van der Waals surface area contributed by atoms with E-state index in [-0.39, 0.29) is 11.8 Å². The highest BCUT2D eigenvalue weighted by Gasteiger charge is 2.30. The van der Waals surface area contributed by atoms with E-state index in [4.69, 9.17) is 11.6 Å². The first kappa shape index (κ1) is 8.97. The van der Waals surface area contributed by atoms with Gasteiger partial charge in [-0.25, -0.2) is 4.98 Å². The quantitative estimate of drug-likeness (QED) is 0.706. The molecule has 1 aliphatic heterocycles. The van der Waals surface area contributed by atoms with Crippen LogP contribution in [-0.4, -0.2) is 23.3 Å². The Kier molecular flexibility index (Phi) is 2.51. The van der Waals surface area contributed by atoms with E-state index in [1.54, 1.807) is 11.1 Å². The maximum Gasteiger partial charge on any atom is 0.229 e. The van der Waals surface area contributed by atoms with E-state index in [1.165, 1.54) is 11.3 Å². The van der Waals surface area contributed by atoms with Crippen LogP contribution in [0.2, 0.25) is 0 Å². The molecule has 2 rings (SSSR count). The fourth-order valence-electron chi connectivity index (χ4n) is 1.42. The van der Waals surface area contributed by atoms with Crippen LogP contribution in [0.5, 0.6) is 0 Å². The third-order valence-electron chi connectivity index (χ3n) is 2.07. The highest BCUT2D eigenvalue weighted by molar-refractivity contribution is 7.13. The number of thiazole rings is 1. The van der Waals surface area contributed by atoms with Crippen LogP contribution < -0.4 is 4.90 Å². The summed E-state index contributed by atoms with van der Waals surface area (Å²) in [5.41, 5.74) is 0. The van der Waals surface area contributed by atoms with E-state index in [9.17, 15) is 4.79 Å². The summed E-state index contributed by atoms with van der Waals surface area (Å²) in [6.07, 6.45) is 2.27. The van der Waals surface area contributed by atoms with Crippen molar-refractivity contribution in [3.63, 3.8) is 0 Å². The molecule has 0 spiro atoms. The molecule has 1 aromatic heterocycles. The van der Waals surface area contributed by atoms with Crippen molar-refractivity contribution in [2.45, 2.75) is 6.42 Å². The molecule has 1 aliphatic rings. The molecule has 3 nitrogen and oxygen atoms in total. The van der Waals surface area contributed by atoms with Crippen molar-refractivity contribution < 1.29 is 4.79 Å². The second kappa shape index (κ2) is 3.64. The molecule has 0 radical (unpaired) electrons. The maximum absolute atomic E-state index is 11.5. The summed E-state index contributed by atoms with van der Waals surface area (Å²) in [5.74, 6) is 0.979. The monoisotopic (exact) mass is 216 g/mol. The number of rotatable bonds is 2. The smallest absolute Gasteiger partial charge is 0.229 e. The molecule has 5 heteroatoms. The van der Waals surface area contributed by atoms with E-state index in [0.29, 0.717) is 12.3 Å². The van der Waals surface area contributed by atoms with Gasteiger partial charge in [0.2, 0.25) is 5.91 Å². The molecule has 0 aliphatic carbocycles. The first-order chi connectivity index (χ1) is 6.31. The van der Waals surface area contributed by atoms with Crippen molar-refractivity contribution in [1.82, 2.24) is 4.98 Å². The molecule has 0 bridgehead atoms. The summed E-state index contributed by atoms with van der Waals surface area (Å²) in [7, 11) is 0. The van der Waals surface area contributed by atoms with Crippen LogP contribution in [0.1, 0.15) is 6.42 Å². The molecular weight excluding hydrogens is 208 g/mol. The fraction of sp³-hybridized carbons (Fsp3) is 0.500. The normalized spacial score (nSPS) is 22.7. The predicted molar refractivity (Wildman–Crippen MR) is 53.3 cm³/mol. The van der Waals surface area contributed by atoms with Gasteiger partial charge in [-0.05, 0) is 5.92 Å². The van der Waals surface area contributed by atoms with Crippen molar-refractivity contribution in [1.29, 1.82) is 0 Å². The molecule has 0 saturated carbocycles. The fourth-order valence-corrected chi connectivity index (χ4v) is 2.29. The summed E-state index contributed by atoms with van der Waals surface area (Å²) in [4.78, 5) is 17.3. The molecule has 0 aromatic carbocycles. The van der Waals surface area contributed by atoms with Gasteiger partial charge in [-0.15, -0.1) is 22.9 Å². The van der Waals surface area contributed by atoms with Gasteiger partial charge in [0.1, 0.15) is 0 Å². The molecule has 1 saturated heterocycles. The molecule has 70 valence electrons. The van der Waals surface area contributed by atoms with Crippen LogP contribution in [-0.2, 0) is 4.79 Å². The largest absolute Gasteiger partial charge is 0.288 e. The maximum atomic E-state index is 11.5. The van der Waals surface area contributed by atoms with Crippen LogP contribution in [0.3, 0.4) is 0 Å². The Hall–Kier alpha value is -0.610. The van der Waals surface area contributed by atoms with E-state index in [2.05, 4.69) is 4.98 Å². The Morgan fingerprint density at radius 1 is 1.77 bits per heavy atom. The highest BCUT2D eigenvalue weighted by Crippen LogP contribution is 2.26. The molecule has 1 fully saturated rings. The van der Waals surface area contributed by atoms with Crippen molar-refractivity contribution in [3.05, 3.63) is 11.6 Å². The summed E-state index contributed by atoms with van der Waals surface area (Å²) >= 11 is 7.19. The molecule has 1 aromatic rings. The molecule has 1 atom stereocenters. The van der Waals surface area contributed by atoms with Gasteiger partial charge in [-0.3, -0.25) is 9.69 Å². The van der Waals surface area contributed by atoms with Gasteiger partial charge in [-0.2, -0.15) is 0 Å². The molecule has 2 heterocycles. The summed E-state index contributed by atoms with van der Waals surface area (Å²) in [6, 6.07) is 0. The third kappa shape index (κ3) is 1.69. The van der Waals surface area contributed by atoms with Gasteiger partial charge in [0.25, 0.3) is 0 Å². The Labute approximate surface area is 85.3 Å². The van der Waals surface area contributed by atoms with Crippen molar-refractivity contribution in [2.75, 3.05) is 17.3 Å². The van der Waals surface area contributed by atoms with Gasteiger partial charge in [0, 0.05) is 30.4 Å². The molecular formula is C8H9ClN2OS. The van der Waals surface area contributed by atoms with Crippen LogP contribution >= 0.6 is 22.9 Å². The van der Waals surface area contributed by atoms with Crippen LogP contribution in [0, 0.1) is 5.92 Å². The van der Waals surface area contributed by atoms with Crippen LogP contribution in [0.25, 0.3) is 0 Å². The zero-order chi connectivity index (χ0) is 9.26. The average molecular weight is 217 g/mol. The van der Waals surface area contributed by atoms with Gasteiger partial charge < -0.3 is 0 Å². The lowest BCUT2D eigenvalue weighted by Crippen LogP contribution is -2.24. The second-order valence-corrected chi connectivity index (χ2v) is 4.23. The number of alkyl halides is 1. The summed E-state index contributed by atoms with van der Waals surface area (Å²) in [6.45, 7) is 0.718. The Morgan fingerprint density at radius 3 is 3.15 bits per heavy atom. The van der Waals surface area contributed by atoms with Crippen molar-refractivity contribution >= 4 is 34.0 Å². The molecule has 1 unspecified atom stereocenters. The zero-order valence-electron chi connectivity index (χ0n) is 6.94. The van der Waals surface area contributed by atoms with Gasteiger partial charge in [0.05, 0.1) is 0 Å². The molecule has 13 heavy (non-hydrogen) atoms. The topological polar surface area (TPSA) is 33.2 Å². The number of amides is 1. The SMILES string of the molecule is O=C1CC(CCl)CN1c1nccs1. The Bertz CT molecular complexity index is 301. The van der Waals surface area contributed by atoms with Gasteiger partial charge >= 0.3 is 0 Å². The van der Waals surface area contributed by atoms with E-state index >= 15 is 0 Å². The number of nitrogens with zero attached hydrogens (tertiary/aromatic N) is 2. The van der Waals surface area contributed by atoms with E-state index in [0.717, 1.165) is 11.7 Å². The highest BCUT2D eigenvalue weighted by atomic mass is 35.5. The lowest BCUT2D eigenvalue weighted by molar-refractivity contribution is -0.117. The first-order valence-corrected chi connectivity index (χ1v) is 5.48. The van der Waals surface area contributed by atoms with E-state index < -0.39 is 0 Å². The third-order valence-corrected chi connectivity index (χ3v) is 3.30. The van der Waals surface area contributed by atoms with Crippen LogP contribution in [0.15, 0.2) is 11.6 Å². The van der Waals surface area contributed by atoms with Crippen molar-refractivity contribution in [2.24, 2.45) is 5.92 Å². The number of halogens is 1. The lowest BCUT2D eigenvalue weighted by Gasteiger charge is -2.11. The Balaban J connectivity index is 2.14. The standard InChI is InChI=1S/C8H9ClN2OS/c9-4-6-3-7(12)11(5-6)8-10-1-2-13-8/h1-2,6H,3-5H2. The number of carbonyl (C=O) groups is 1. The predicted octanol–water partition coefficient (Wildman–Crippen LogP) is 1.73. The van der Waals surface area contributed by atoms with Crippen LogP contribution in [0.4, 0.5) is 5.13 Å². The van der Waals surface area contributed by atoms with Gasteiger partial charge in [-0.1, -0.05) is 0 Å². The number of hydrogen-bond donors (Lipinski definition) is 0. The summed E-state index contributed by atoms with van der Waals surface area (Å²) < 4.78 is 0. The lowest BCUT2D eigenvalue weighted by atomic mass is 10.2. The summed E-state index contributed by atoms with van der Waals surface area (Å²) in [5, 5.41) is 2.66. The minimum atomic E-state index is 0.139. The minimum Gasteiger partial charge on any atom is -0.288 e. The Morgan fingerprint density at radius 2 is 2.62 bits per heavy atom. The van der Waals surface area contributed by atoms with Crippen molar-refractivity contribution in [3.8, 4) is 0 Å². The minimum absolute atomic E-state index is 0.139. The number of hydrogen-bond acceptors (Lipinski definition) is 3. The number of carbonyl (C=O) groups excluding carboxylic acids is 1. The number of anilines is 1. The first-order valence-electron chi connectivity index (χ1n) is 4.07. The zero-order valence-corrected chi connectivity index (χ0v) is 8.51. The second-order valence-electron chi connectivity index (χ2n) is 3.04. The average Bonchev–Trinajstić information content (AvgIpc) is 2.72. The molecule has 0 N–H and O–H groups in total. The van der Waals surface area contributed by atoms with Gasteiger partial charge in [0.15, 0.2) is 5.13 Å². The molecule has 1 amide bonds.